The average Bonchev–Trinajstić information content (AvgIpc) is 2.46. The first-order chi connectivity index (χ1) is 9.15. The van der Waals surface area contributed by atoms with Gasteiger partial charge in [0, 0.05) is 25.5 Å². The van der Waals surface area contributed by atoms with Crippen molar-refractivity contribution in [2.75, 3.05) is 20.3 Å². The lowest BCUT2D eigenvalue weighted by molar-refractivity contribution is -0.0524. The van der Waals surface area contributed by atoms with E-state index in [-0.39, 0.29) is 5.60 Å². The summed E-state index contributed by atoms with van der Waals surface area (Å²) in [4.78, 5) is 0. The molecule has 1 heterocycles. The summed E-state index contributed by atoms with van der Waals surface area (Å²) in [5.74, 6) is 7.10. The van der Waals surface area contributed by atoms with Gasteiger partial charge in [0.1, 0.15) is 5.60 Å². The third-order valence-electron chi connectivity index (χ3n) is 3.70. The molecule has 1 saturated heterocycles. The van der Waals surface area contributed by atoms with E-state index in [1.54, 1.807) is 7.11 Å². The molecule has 0 amide bonds. The van der Waals surface area contributed by atoms with Gasteiger partial charge in [-0.1, -0.05) is 37.8 Å². The van der Waals surface area contributed by atoms with E-state index in [9.17, 15) is 0 Å². The SMILES string of the molecule is COC1(C#Cc2ccc(C(C)C)cc2)CCOCC1. The highest BCUT2D eigenvalue weighted by Gasteiger charge is 2.30. The molecule has 2 nitrogen and oxygen atoms in total. The van der Waals surface area contributed by atoms with Gasteiger partial charge in [0.05, 0.1) is 13.2 Å². The van der Waals surface area contributed by atoms with Gasteiger partial charge in [0.25, 0.3) is 0 Å². The fourth-order valence-corrected chi connectivity index (χ4v) is 2.22. The summed E-state index contributed by atoms with van der Waals surface area (Å²) in [5, 5.41) is 0. The molecule has 0 spiro atoms. The van der Waals surface area contributed by atoms with Crippen molar-refractivity contribution in [1.29, 1.82) is 0 Å². The minimum atomic E-state index is -0.324. The number of benzene rings is 1. The van der Waals surface area contributed by atoms with Crippen molar-refractivity contribution in [2.24, 2.45) is 0 Å². The van der Waals surface area contributed by atoms with Gasteiger partial charge in [0.15, 0.2) is 0 Å². The molecule has 102 valence electrons. The minimum absolute atomic E-state index is 0.324. The van der Waals surface area contributed by atoms with Gasteiger partial charge < -0.3 is 9.47 Å². The number of ether oxygens (including phenoxy) is 2. The van der Waals surface area contributed by atoms with Crippen molar-refractivity contribution in [3.63, 3.8) is 0 Å². The second-order valence-electron chi connectivity index (χ2n) is 5.34. The predicted molar refractivity (Wildman–Crippen MR) is 77.2 cm³/mol. The third kappa shape index (κ3) is 3.59. The van der Waals surface area contributed by atoms with Gasteiger partial charge in [-0.2, -0.15) is 0 Å². The molecule has 0 aromatic heterocycles. The Kier molecular flexibility index (Phi) is 4.63. The molecule has 1 aromatic rings. The summed E-state index contributed by atoms with van der Waals surface area (Å²) in [6.45, 7) is 5.86. The van der Waals surface area contributed by atoms with E-state index in [2.05, 4.69) is 50.0 Å². The second kappa shape index (κ2) is 6.23. The minimum Gasteiger partial charge on any atom is -0.381 e. The lowest BCUT2D eigenvalue weighted by atomic mass is 9.94. The third-order valence-corrected chi connectivity index (χ3v) is 3.70. The van der Waals surface area contributed by atoms with Gasteiger partial charge in [-0.15, -0.1) is 0 Å². The zero-order valence-corrected chi connectivity index (χ0v) is 12.0. The summed E-state index contributed by atoms with van der Waals surface area (Å²) in [7, 11) is 1.74. The van der Waals surface area contributed by atoms with E-state index in [0.717, 1.165) is 31.6 Å². The number of hydrogen-bond acceptors (Lipinski definition) is 2. The fraction of sp³-hybridized carbons (Fsp3) is 0.529. The quantitative estimate of drug-likeness (QED) is 0.757. The van der Waals surface area contributed by atoms with Crippen molar-refractivity contribution in [2.45, 2.75) is 38.2 Å². The molecule has 1 aromatic carbocycles. The van der Waals surface area contributed by atoms with Crippen LogP contribution < -0.4 is 0 Å². The molecule has 0 radical (unpaired) electrons. The van der Waals surface area contributed by atoms with Gasteiger partial charge in [0.2, 0.25) is 0 Å². The first-order valence-electron chi connectivity index (χ1n) is 6.91. The Morgan fingerprint density at radius 2 is 1.79 bits per heavy atom. The molecule has 0 atom stereocenters. The average molecular weight is 258 g/mol. The predicted octanol–water partition coefficient (Wildman–Crippen LogP) is 3.36. The zero-order chi connectivity index (χ0) is 13.7. The molecule has 1 fully saturated rings. The van der Waals surface area contributed by atoms with Crippen molar-refractivity contribution in [3.05, 3.63) is 35.4 Å². The van der Waals surface area contributed by atoms with Crippen LogP contribution in [0.2, 0.25) is 0 Å². The van der Waals surface area contributed by atoms with Crippen LogP contribution in [0.1, 0.15) is 43.7 Å². The maximum atomic E-state index is 5.61. The number of rotatable bonds is 2. The topological polar surface area (TPSA) is 18.5 Å². The summed E-state index contributed by atoms with van der Waals surface area (Å²) in [6, 6.07) is 8.48. The van der Waals surface area contributed by atoms with Crippen molar-refractivity contribution in [1.82, 2.24) is 0 Å². The Balaban J connectivity index is 2.13. The van der Waals surface area contributed by atoms with Crippen molar-refractivity contribution < 1.29 is 9.47 Å². The molecule has 1 aliphatic heterocycles. The Morgan fingerprint density at radius 3 is 2.32 bits per heavy atom. The monoisotopic (exact) mass is 258 g/mol. The van der Waals surface area contributed by atoms with Crippen LogP contribution >= 0.6 is 0 Å². The first kappa shape index (κ1) is 14.1. The highest BCUT2D eigenvalue weighted by Crippen LogP contribution is 2.23. The zero-order valence-electron chi connectivity index (χ0n) is 12.0. The van der Waals surface area contributed by atoms with Crippen LogP contribution in [0.3, 0.4) is 0 Å². The highest BCUT2D eigenvalue weighted by atomic mass is 16.5. The summed E-state index contributed by atoms with van der Waals surface area (Å²) >= 11 is 0. The van der Waals surface area contributed by atoms with E-state index in [4.69, 9.17) is 9.47 Å². The van der Waals surface area contributed by atoms with E-state index in [1.165, 1.54) is 5.56 Å². The molecule has 0 aliphatic carbocycles. The van der Waals surface area contributed by atoms with Gasteiger partial charge in [-0.05, 0) is 23.6 Å². The lowest BCUT2D eigenvalue weighted by Crippen LogP contribution is -2.36. The Morgan fingerprint density at radius 1 is 1.16 bits per heavy atom. The molecule has 2 rings (SSSR count). The standard InChI is InChI=1S/C17H22O2/c1-14(2)16-6-4-15(5-7-16)8-9-17(18-3)10-12-19-13-11-17/h4-7,14H,10-13H2,1-3H3. The van der Waals surface area contributed by atoms with E-state index >= 15 is 0 Å². The number of hydrogen-bond donors (Lipinski definition) is 0. The molecule has 0 N–H and O–H groups in total. The van der Waals surface area contributed by atoms with Crippen LogP contribution in [0.15, 0.2) is 24.3 Å². The molecule has 0 bridgehead atoms. The van der Waals surface area contributed by atoms with Crippen LogP contribution in [0.4, 0.5) is 0 Å². The molecular weight excluding hydrogens is 236 g/mol. The van der Waals surface area contributed by atoms with Crippen LogP contribution in [-0.4, -0.2) is 25.9 Å². The van der Waals surface area contributed by atoms with Gasteiger partial charge >= 0.3 is 0 Å². The molecule has 19 heavy (non-hydrogen) atoms. The molecule has 0 saturated carbocycles. The summed E-state index contributed by atoms with van der Waals surface area (Å²) in [5.41, 5.74) is 2.07. The van der Waals surface area contributed by atoms with Gasteiger partial charge in [-0.3, -0.25) is 0 Å². The van der Waals surface area contributed by atoms with Crippen LogP contribution in [0.25, 0.3) is 0 Å². The smallest absolute Gasteiger partial charge is 0.133 e. The maximum absolute atomic E-state index is 5.61. The maximum Gasteiger partial charge on any atom is 0.133 e. The largest absolute Gasteiger partial charge is 0.381 e. The van der Waals surface area contributed by atoms with Crippen LogP contribution in [0.5, 0.6) is 0 Å². The molecular formula is C17H22O2. The molecule has 0 unspecified atom stereocenters. The van der Waals surface area contributed by atoms with Crippen molar-refractivity contribution in [3.8, 4) is 11.8 Å². The summed E-state index contributed by atoms with van der Waals surface area (Å²) in [6.07, 6.45) is 1.70. The lowest BCUT2D eigenvalue weighted by Gasteiger charge is -2.30. The number of methoxy groups -OCH3 is 1. The fourth-order valence-electron chi connectivity index (χ4n) is 2.22. The normalized spacial score (nSPS) is 17.9. The first-order valence-corrected chi connectivity index (χ1v) is 6.91. The Hall–Kier alpha value is -1.30. The molecule has 1 aliphatic rings. The van der Waals surface area contributed by atoms with Crippen LogP contribution in [-0.2, 0) is 9.47 Å². The van der Waals surface area contributed by atoms with E-state index in [0.29, 0.717) is 5.92 Å². The highest BCUT2D eigenvalue weighted by molar-refractivity contribution is 5.38. The molecule has 2 heteroatoms. The van der Waals surface area contributed by atoms with Gasteiger partial charge in [-0.25, -0.2) is 0 Å². The van der Waals surface area contributed by atoms with E-state index in [1.807, 2.05) is 0 Å². The second-order valence-corrected chi connectivity index (χ2v) is 5.34. The Labute approximate surface area is 116 Å². The summed E-state index contributed by atoms with van der Waals surface area (Å²) < 4.78 is 11.0. The van der Waals surface area contributed by atoms with Crippen molar-refractivity contribution >= 4 is 0 Å². The Bertz CT molecular complexity index is 456. The van der Waals surface area contributed by atoms with E-state index < -0.39 is 0 Å². The van der Waals surface area contributed by atoms with Crippen LogP contribution in [0, 0.1) is 11.8 Å².